The summed E-state index contributed by atoms with van der Waals surface area (Å²) in [5.74, 6) is -0.211. The smallest absolute Gasteiger partial charge is 0.319 e. The number of rotatable bonds is 10. The average molecular weight is 362 g/mol. The monoisotopic (exact) mass is 362 g/mol. The third-order valence-corrected chi connectivity index (χ3v) is 3.65. The molecule has 0 aliphatic carbocycles. The second kappa shape index (κ2) is 11.9. The molecule has 1 aromatic rings. The summed E-state index contributed by atoms with van der Waals surface area (Å²) < 4.78 is 0. The van der Waals surface area contributed by atoms with Gasteiger partial charge in [0.15, 0.2) is 0 Å². The summed E-state index contributed by atoms with van der Waals surface area (Å²) in [7, 11) is 0. The summed E-state index contributed by atoms with van der Waals surface area (Å²) in [6, 6.07) is 6.60. The van der Waals surface area contributed by atoms with Crippen LogP contribution < -0.4 is 16.0 Å². The summed E-state index contributed by atoms with van der Waals surface area (Å²) >= 11 is 0. The molecular weight excluding hydrogens is 332 g/mol. The maximum absolute atomic E-state index is 12.2. The number of nitrogens with zero attached hydrogens (tertiary/aromatic N) is 1. The van der Waals surface area contributed by atoms with Crippen LogP contribution in [0.5, 0.6) is 0 Å². The Morgan fingerprint density at radius 3 is 2.12 bits per heavy atom. The highest BCUT2D eigenvalue weighted by atomic mass is 16.2. The van der Waals surface area contributed by atoms with Crippen LogP contribution in [0.2, 0.25) is 0 Å². The number of urea groups is 1. The first kappa shape index (κ1) is 21.5. The van der Waals surface area contributed by atoms with Crippen molar-refractivity contribution in [3.63, 3.8) is 0 Å². The summed E-state index contributed by atoms with van der Waals surface area (Å²) in [5.41, 5.74) is 1.16. The molecule has 0 bridgehead atoms. The second-order valence-corrected chi connectivity index (χ2v) is 5.99. The van der Waals surface area contributed by atoms with Gasteiger partial charge >= 0.3 is 6.03 Å². The van der Waals surface area contributed by atoms with Gasteiger partial charge in [0, 0.05) is 43.9 Å². The number of nitrogens with one attached hydrogen (secondary N) is 3. The molecule has 4 amide bonds. The average Bonchev–Trinajstić information content (AvgIpc) is 2.60. The van der Waals surface area contributed by atoms with Gasteiger partial charge in [-0.25, -0.2) is 4.79 Å². The van der Waals surface area contributed by atoms with Gasteiger partial charge in [-0.05, 0) is 38.0 Å². The molecule has 26 heavy (non-hydrogen) atoms. The van der Waals surface area contributed by atoms with Crippen LogP contribution in [0, 0.1) is 0 Å². The summed E-state index contributed by atoms with van der Waals surface area (Å²) in [4.78, 5) is 37.7. The molecule has 0 aromatic heterocycles. The molecule has 7 heteroatoms. The quantitative estimate of drug-likeness (QED) is 0.597. The first-order valence-corrected chi connectivity index (χ1v) is 9.22. The van der Waals surface area contributed by atoms with Gasteiger partial charge in [0.05, 0.1) is 0 Å². The van der Waals surface area contributed by atoms with Crippen LogP contribution in [-0.2, 0) is 9.59 Å². The summed E-state index contributed by atoms with van der Waals surface area (Å²) in [5, 5.41) is 8.09. The van der Waals surface area contributed by atoms with E-state index in [1.807, 2.05) is 25.7 Å². The maximum atomic E-state index is 12.2. The minimum atomic E-state index is -0.298. The van der Waals surface area contributed by atoms with Crippen LogP contribution in [0.25, 0.3) is 0 Å². The van der Waals surface area contributed by atoms with Crippen molar-refractivity contribution in [3.05, 3.63) is 24.3 Å². The van der Waals surface area contributed by atoms with E-state index >= 15 is 0 Å². The zero-order valence-electron chi connectivity index (χ0n) is 15.9. The third kappa shape index (κ3) is 8.00. The van der Waals surface area contributed by atoms with E-state index in [1.165, 1.54) is 0 Å². The SMILES string of the molecule is CCCN(CCC)C(=O)CCC(=O)Nc1cccc(NC(=O)NCC)c1. The van der Waals surface area contributed by atoms with E-state index in [9.17, 15) is 14.4 Å². The Labute approximate surface area is 155 Å². The van der Waals surface area contributed by atoms with Crippen molar-refractivity contribution in [1.82, 2.24) is 10.2 Å². The fraction of sp³-hybridized carbons (Fsp3) is 0.526. The Bertz CT molecular complexity index is 598. The normalized spacial score (nSPS) is 10.1. The Morgan fingerprint density at radius 2 is 1.54 bits per heavy atom. The number of benzene rings is 1. The van der Waals surface area contributed by atoms with Crippen molar-refractivity contribution in [2.24, 2.45) is 0 Å². The fourth-order valence-electron chi connectivity index (χ4n) is 2.51. The molecule has 0 aliphatic rings. The van der Waals surface area contributed by atoms with E-state index in [2.05, 4.69) is 16.0 Å². The molecule has 144 valence electrons. The van der Waals surface area contributed by atoms with Crippen molar-refractivity contribution in [1.29, 1.82) is 0 Å². The van der Waals surface area contributed by atoms with Crippen LogP contribution >= 0.6 is 0 Å². The van der Waals surface area contributed by atoms with Crippen molar-refractivity contribution < 1.29 is 14.4 Å². The van der Waals surface area contributed by atoms with Crippen molar-refractivity contribution in [2.45, 2.75) is 46.5 Å². The van der Waals surface area contributed by atoms with Crippen LogP contribution in [0.15, 0.2) is 24.3 Å². The lowest BCUT2D eigenvalue weighted by Gasteiger charge is -2.21. The number of hydrogen-bond acceptors (Lipinski definition) is 3. The fourth-order valence-corrected chi connectivity index (χ4v) is 2.51. The van der Waals surface area contributed by atoms with E-state index in [0.717, 1.165) is 25.9 Å². The van der Waals surface area contributed by atoms with E-state index in [-0.39, 0.29) is 30.7 Å². The van der Waals surface area contributed by atoms with E-state index in [1.54, 1.807) is 24.3 Å². The molecular formula is C19H30N4O3. The molecule has 1 aromatic carbocycles. The lowest BCUT2D eigenvalue weighted by atomic mass is 10.2. The van der Waals surface area contributed by atoms with Crippen LogP contribution in [0.4, 0.5) is 16.2 Å². The Balaban J connectivity index is 2.52. The highest BCUT2D eigenvalue weighted by molar-refractivity contribution is 5.95. The van der Waals surface area contributed by atoms with Gasteiger partial charge in [0.25, 0.3) is 0 Å². The zero-order chi connectivity index (χ0) is 19.4. The predicted molar refractivity (Wildman–Crippen MR) is 104 cm³/mol. The molecule has 0 saturated heterocycles. The number of amides is 4. The first-order valence-electron chi connectivity index (χ1n) is 9.22. The molecule has 0 radical (unpaired) electrons. The van der Waals surface area contributed by atoms with Gasteiger partial charge in [-0.15, -0.1) is 0 Å². The van der Waals surface area contributed by atoms with Gasteiger partial charge in [0.1, 0.15) is 0 Å². The molecule has 0 heterocycles. The number of anilines is 2. The summed E-state index contributed by atoms with van der Waals surface area (Å²) in [6.45, 7) is 7.88. The minimum Gasteiger partial charge on any atom is -0.343 e. The highest BCUT2D eigenvalue weighted by Gasteiger charge is 2.14. The van der Waals surface area contributed by atoms with Gasteiger partial charge < -0.3 is 20.9 Å². The summed E-state index contributed by atoms with van der Waals surface area (Å²) in [6.07, 6.45) is 2.14. The number of carbonyl (C=O) groups is 3. The Morgan fingerprint density at radius 1 is 0.923 bits per heavy atom. The largest absolute Gasteiger partial charge is 0.343 e. The topological polar surface area (TPSA) is 90.5 Å². The standard InChI is InChI=1S/C19H30N4O3/c1-4-12-23(13-5-2)18(25)11-10-17(24)21-15-8-7-9-16(14-15)22-19(26)20-6-3/h7-9,14H,4-6,10-13H2,1-3H3,(H,21,24)(H2,20,22,26). The van der Waals surface area contributed by atoms with Crippen LogP contribution in [0.1, 0.15) is 46.5 Å². The lowest BCUT2D eigenvalue weighted by molar-refractivity contribution is -0.132. The van der Waals surface area contributed by atoms with Crippen molar-refractivity contribution in [3.8, 4) is 0 Å². The molecule has 3 N–H and O–H groups in total. The number of hydrogen-bond donors (Lipinski definition) is 3. The van der Waals surface area contributed by atoms with Gasteiger partial charge in [-0.1, -0.05) is 19.9 Å². The third-order valence-electron chi connectivity index (χ3n) is 3.65. The van der Waals surface area contributed by atoms with Crippen LogP contribution in [-0.4, -0.2) is 42.4 Å². The molecule has 0 atom stereocenters. The molecule has 0 unspecified atom stereocenters. The highest BCUT2D eigenvalue weighted by Crippen LogP contribution is 2.15. The van der Waals surface area contributed by atoms with E-state index < -0.39 is 0 Å². The van der Waals surface area contributed by atoms with Crippen LogP contribution in [0.3, 0.4) is 0 Å². The molecule has 7 nitrogen and oxygen atoms in total. The van der Waals surface area contributed by atoms with Gasteiger partial charge in [-0.3, -0.25) is 9.59 Å². The molecule has 1 rings (SSSR count). The first-order chi connectivity index (χ1) is 12.5. The van der Waals surface area contributed by atoms with Gasteiger partial charge in [-0.2, -0.15) is 0 Å². The predicted octanol–water partition coefficient (Wildman–Crippen LogP) is 3.20. The Hall–Kier alpha value is -2.57. The number of carbonyl (C=O) groups excluding carboxylic acids is 3. The van der Waals surface area contributed by atoms with Crippen molar-refractivity contribution >= 4 is 29.2 Å². The van der Waals surface area contributed by atoms with E-state index in [0.29, 0.717) is 17.9 Å². The molecule has 0 fully saturated rings. The van der Waals surface area contributed by atoms with Gasteiger partial charge in [0.2, 0.25) is 11.8 Å². The Kier molecular flexibility index (Phi) is 9.82. The molecule has 0 aliphatic heterocycles. The lowest BCUT2D eigenvalue weighted by Crippen LogP contribution is -2.33. The van der Waals surface area contributed by atoms with E-state index in [4.69, 9.17) is 0 Å². The van der Waals surface area contributed by atoms with Crippen molar-refractivity contribution in [2.75, 3.05) is 30.3 Å². The minimum absolute atomic E-state index is 0.00973. The maximum Gasteiger partial charge on any atom is 0.319 e. The molecule has 0 spiro atoms. The molecule has 0 saturated carbocycles. The zero-order valence-corrected chi connectivity index (χ0v) is 15.9. The second-order valence-electron chi connectivity index (χ2n) is 5.99.